The highest BCUT2D eigenvalue weighted by atomic mass is 19.4. The van der Waals surface area contributed by atoms with Gasteiger partial charge in [-0.3, -0.25) is 9.69 Å². The maximum atomic E-state index is 13.2. The van der Waals surface area contributed by atoms with E-state index in [1.807, 2.05) is 54.6 Å². The first-order chi connectivity index (χ1) is 17.8. The molecule has 2 atom stereocenters. The van der Waals surface area contributed by atoms with Crippen LogP contribution in [0.1, 0.15) is 23.1 Å². The van der Waals surface area contributed by atoms with Crippen LogP contribution in [0.15, 0.2) is 78.9 Å². The molecule has 0 bridgehead atoms. The van der Waals surface area contributed by atoms with Gasteiger partial charge >= 0.3 is 6.18 Å². The largest absolute Gasteiger partial charge is 0.496 e. The van der Waals surface area contributed by atoms with Crippen LogP contribution in [0.25, 0.3) is 0 Å². The van der Waals surface area contributed by atoms with Crippen molar-refractivity contribution in [1.82, 2.24) is 10.2 Å². The summed E-state index contributed by atoms with van der Waals surface area (Å²) >= 11 is 0. The van der Waals surface area contributed by atoms with Gasteiger partial charge in [-0.25, -0.2) is 0 Å². The number of hydrogen-bond donors (Lipinski definition) is 1. The van der Waals surface area contributed by atoms with E-state index in [9.17, 15) is 18.0 Å². The molecule has 5 nitrogen and oxygen atoms in total. The second-order valence-corrected chi connectivity index (χ2v) is 9.34. The van der Waals surface area contributed by atoms with E-state index in [-0.39, 0.29) is 30.1 Å². The number of benzene rings is 3. The first kappa shape index (κ1) is 26.5. The van der Waals surface area contributed by atoms with Crippen LogP contribution >= 0.6 is 0 Å². The van der Waals surface area contributed by atoms with Crippen LogP contribution < -0.4 is 14.8 Å². The Morgan fingerprint density at radius 2 is 1.76 bits per heavy atom. The van der Waals surface area contributed by atoms with Gasteiger partial charge in [0.15, 0.2) is 0 Å². The minimum absolute atomic E-state index is 0.0194. The zero-order valence-electron chi connectivity index (χ0n) is 20.7. The number of alkyl halides is 3. The molecule has 8 heteroatoms. The zero-order valence-corrected chi connectivity index (χ0v) is 20.7. The topological polar surface area (TPSA) is 50.8 Å². The van der Waals surface area contributed by atoms with Crippen molar-refractivity contribution < 1.29 is 27.4 Å². The predicted octanol–water partition coefficient (Wildman–Crippen LogP) is 5.55. The molecule has 1 fully saturated rings. The summed E-state index contributed by atoms with van der Waals surface area (Å²) in [7, 11) is 1.60. The summed E-state index contributed by atoms with van der Waals surface area (Å²) in [5, 5.41) is 3.03. The summed E-state index contributed by atoms with van der Waals surface area (Å²) in [6.07, 6.45) is -3.84. The molecule has 1 heterocycles. The SMILES string of the molecule is COc1ccccc1CNC(=O)[C@@H]1C[C@H](COc2cccc(C(F)(F)F)c2)CN(Cc2ccccc2)C1. The number of ether oxygens (including phenoxy) is 2. The molecule has 196 valence electrons. The Balaban J connectivity index is 1.43. The van der Waals surface area contributed by atoms with Gasteiger partial charge in [-0.2, -0.15) is 13.2 Å². The lowest BCUT2D eigenvalue weighted by Crippen LogP contribution is -2.47. The number of halogens is 3. The Kier molecular flexibility index (Phi) is 8.71. The highest BCUT2D eigenvalue weighted by Crippen LogP contribution is 2.32. The Morgan fingerprint density at radius 1 is 1.00 bits per heavy atom. The molecular weight excluding hydrogens is 481 g/mol. The third-order valence-corrected chi connectivity index (χ3v) is 6.53. The molecule has 3 aromatic carbocycles. The number of hydrogen-bond acceptors (Lipinski definition) is 4. The van der Waals surface area contributed by atoms with Crippen LogP contribution in [-0.2, 0) is 24.1 Å². The van der Waals surface area contributed by atoms with Crippen molar-refractivity contribution in [2.75, 3.05) is 26.8 Å². The number of carbonyl (C=O) groups excluding carboxylic acids is 1. The van der Waals surface area contributed by atoms with E-state index >= 15 is 0 Å². The molecule has 1 saturated heterocycles. The molecule has 0 aliphatic carbocycles. The van der Waals surface area contributed by atoms with E-state index in [1.54, 1.807) is 7.11 Å². The maximum absolute atomic E-state index is 13.2. The highest BCUT2D eigenvalue weighted by molar-refractivity contribution is 5.79. The molecule has 1 amide bonds. The lowest BCUT2D eigenvalue weighted by molar-refractivity contribution is -0.137. The first-order valence-electron chi connectivity index (χ1n) is 12.3. The molecular formula is C29H31F3N2O3. The van der Waals surface area contributed by atoms with E-state index in [1.165, 1.54) is 12.1 Å². The number of nitrogens with zero attached hydrogens (tertiary/aromatic N) is 1. The quantitative estimate of drug-likeness (QED) is 0.409. The third kappa shape index (κ3) is 7.49. The average Bonchev–Trinajstić information content (AvgIpc) is 2.91. The fourth-order valence-corrected chi connectivity index (χ4v) is 4.74. The second-order valence-electron chi connectivity index (χ2n) is 9.34. The molecule has 0 spiro atoms. The number of likely N-dealkylation sites (tertiary alicyclic amines) is 1. The number of nitrogens with one attached hydrogen (secondary N) is 1. The normalized spacial score (nSPS) is 18.3. The Morgan fingerprint density at radius 3 is 2.51 bits per heavy atom. The van der Waals surface area contributed by atoms with E-state index in [2.05, 4.69) is 10.2 Å². The van der Waals surface area contributed by atoms with Gasteiger partial charge in [0.2, 0.25) is 5.91 Å². The maximum Gasteiger partial charge on any atom is 0.416 e. The minimum Gasteiger partial charge on any atom is -0.496 e. The highest BCUT2D eigenvalue weighted by Gasteiger charge is 2.33. The van der Waals surface area contributed by atoms with E-state index in [4.69, 9.17) is 9.47 Å². The van der Waals surface area contributed by atoms with Gasteiger partial charge in [0.05, 0.1) is 25.2 Å². The average molecular weight is 513 g/mol. The standard InChI is InChI=1S/C29H31F3N2O3/c1-36-27-13-6-5-10-23(27)16-33-28(35)24-14-22(18-34(19-24)17-21-8-3-2-4-9-21)20-37-26-12-7-11-25(15-26)29(30,31)32/h2-13,15,22,24H,14,16-20H2,1H3,(H,33,35)/t22-,24+/m0/s1. The molecule has 0 radical (unpaired) electrons. The third-order valence-electron chi connectivity index (χ3n) is 6.53. The molecule has 1 N–H and O–H groups in total. The summed E-state index contributed by atoms with van der Waals surface area (Å²) < 4.78 is 50.4. The summed E-state index contributed by atoms with van der Waals surface area (Å²) in [5.41, 5.74) is 1.28. The van der Waals surface area contributed by atoms with E-state index in [0.717, 1.165) is 23.3 Å². The van der Waals surface area contributed by atoms with Gasteiger partial charge in [0.1, 0.15) is 11.5 Å². The summed E-state index contributed by atoms with van der Waals surface area (Å²) in [5.74, 6) is 0.528. The van der Waals surface area contributed by atoms with Crippen LogP contribution in [-0.4, -0.2) is 37.6 Å². The van der Waals surface area contributed by atoms with Crippen LogP contribution in [0.5, 0.6) is 11.5 Å². The van der Waals surface area contributed by atoms with Crippen LogP contribution in [0, 0.1) is 11.8 Å². The van der Waals surface area contributed by atoms with Gasteiger partial charge in [0, 0.05) is 37.7 Å². The van der Waals surface area contributed by atoms with Gasteiger partial charge in [0.25, 0.3) is 0 Å². The Labute approximate surface area is 215 Å². The summed E-state index contributed by atoms with van der Waals surface area (Å²) in [6.45, 7) is 2.53. The lowest BCUT2D eigenvalue weighted by atomic mass is 9.88. The molecule has 4 rings (SSSR count). The number of para-hydroxylation sites is 1. The summed E-state index contributed by atoms with van der Waals surface area (Å²) in [4.78, 5) is 15.4. The summed E-state index contributed by atoms with van der Waals surface area (Å²) in [6, 6.07) is 22.4. The molecule has 3 aromatic rings. The predicted molar refractivity (Wildman–Crippen MR) is 135 cm³/mol. The molecule has 0 aromatic heterocycles. The van der Waals surface area contributed by atoms with Crippen molar-refractivity contribution in [2.24, 2.45) is 11.8 Å². The zero-order chi connectivity index (χ0) is 26.3. The van der Waals surface area contributed by atoms with Crippen LogP contribution in [0.3, 0.4) is 0 Å². The van der Waals surface area contributed by atoms with Gasteiger partial charge in [-0.1, -0.05) is 54.6 Å². The fourth-order valence-electron chi connectivity index (χ4n) is 4.74. The van der Waals surface area contributed by atoms with Crippen molar-refractivity contribution in [3.63, 3.8) is 0 Å². The molecule has 37 heavy (non-hydrogen) atoms. The smallest absolute Gasteiger partial charge is 0.416 e. The molecule has 1 aliphatic rings. The second kappa shape index (κ2) is 12.1. The molecule has 0 unspecified atom stereocenters. The van der Waals surface area contributed by atoms with E-state index in [0.29, 0.717) is 38.3 Å². The monoisotopic (exact) mass is 512 g/mol. The van der Waals surface area contributed by atoms with Gasteiger partial charge in [-0.15, -0.1) is 0 Å². The Hall–Kier alpha value is -3.52. The molecule has 1 aliphatic heterocycles. The van der Waals surface area contributed by atoms with Crippen molar-refractivity contribution in [1.29, 1.82) is 0 Å². The number of methoxy groups -OCH3 is 1. The van der Waals surface area contributed by atoms with Crippen molar-refractivity contribution in [3.05, 3.63) is 95.6 Å². The van der Waals surface area contributed by atoms with Gasteiger partial charge in [-0.05, 0) is 36.2 Å². The van der Waals surface area contributed by atoms with Gasteiger partial charge < -0.3 is 14.8 Å². The van der Waals surface area contributed by atoms with Crippen molar-refractivity contribution in [2.45, 2.75) is 25.7 Å². The molecule has 0 saturated carbocycles. The van der Waals surface area contributed by atoms with Crippen molar-refractivity contribution >= 4 is 5.91 Å². The van der Waals surface area contributed by atoms with Crippen LogP contribution in [0.4, 0.5) is 13.2 Å². The number of amides is 1. The minimum atomic E-state index is -4.43. The first-order valence-corrected chi connectivity index (χ1v) is 12.3. The Bertz CT molecular complexity index is 1170. The number of rotatable bonds is 9. The number of carbonyl (C=O) groups is 1. The number of piperidine rings is 1. The van der Waals surface area contributed by atoms with Crippen LogP contribution in [0.2, 0.25) is 0 Å². The fraction of sp³-hybridized carbons (Fsp3) is 0.345. The lowest BCUT2D eigenvalue weighted by Gasteiger charge is -2.37. The van der Waals surface area contributed by atoms with Crippen molar-refractivity contribution in [3.8, 4) is 11.5 Å². The van der Waals surface area contributed by atoms with E-state index < -0.39 is 11.7 Å².